The maximum Gasteiger partial charge on any atom is 0.454 e. The average molecular weight is 234 g/mol. The largest absolute Gasteiger partial charge is 0.761 e. The molecule has 0 aliphatic heterocycles. The van der Waals surface area contributed by atoms with E-state index < -0.39 is 17.5 Å². The van der Waals surface area contributed by atoms with Crippen molar-refractivity contribution in [1.82, 2.24) is 0 Å². The summed E-state index contributed by atoms with van der Waals surface area (Å²) in [4.78, 5) is 10.8. The first-order chi connectivity index (χ1) is 7.40. The van der Waals surface area contributed by atoms with Crippen molar-refractivity contribution in [1.29, 1.82) is 0 Å². The Morgan fingerprint density at radius 1 is 1.44 bits per heavy atom. The molecule has 7 heteroatoms. The van der Waals surface area contributed by atoms with Crippen LogP contribution in [-0.2, 0) is 0 Å². The van der Waals surface area contributed by atoms with E-state index in [1.54, 1.807) is 0 Å². The van der Waals surface area contributed by atoms with Crippen LogP contribution in [-0.4, -0.2) is 19.1 Å². The number of nitrogens with one attached hydrogen (secondary N) is 1. The molecule has 16 heavy (non-hydrogen) atoms. The number of benzene rings is 1. The molecule has 0 spiro atoms. The van der Waals surface area contributed by atoms with Gasteiger partial charge in [0, 0.05) is 5.56 Å². The second-order valence-electron chi connectivity index (χ2n) is 2.84. The van der Waals surface area contributed by atoms with Crippen LogP contribution in [0.1, 0.15) is 10.4 Å². The number of alkyl halides is 3. The summed E-state index contributed by atoms with van der Waals surface area (Å²) in [5.74, 6) is -1.94. The van der Waals surface area contributed by atoms with Crippen molar-refractivity contribution < 1.29 is 22.7 Å². The van der Waals surface area contributed by atoms with Crippen LogP contribution in [0.2, 0.25) is 0 Å². The molecule has 0 saturated carbocycles. The topological polar surface area (TPSA) is 61.4 Å². The number of methoxy groups -OCH3 is 1. The van der Waals surface area contributed by atoms with Gasteiger partial charge in [-0.25, -0.2) is 0 Å². The molecule has 0 atom stereocenters. The van der Waals surface area contributed by atoms with E-state index >= 15 is 0 Å². The SMILES string of the molecule is COc1ccc(C(=O)C(F)(F)F)cc1N[O-]. The van der Waals surface area contributed by atoms with Crippen molar-refractivity contribution in [3.63, 3.8) is 0 Å². The Morgan fingerprint density at radius 3 is 2.50 bits per heavy atom. The number of ether oxygens (including phenoxy) is 1. The third-order valence-electron chi connectivity index (χ3n) is 1.83. The van der Waals surface area contributed by atoms with Gasteiger partial charge >= 0.3 is 6.18 Å². The van der Waals surface area contributed by atoms with Crippen LogP contribution in [0.15, 0.2) is 18.2 Å². The predicted octanol–water partition coefficient (Wildman–Crippen LogP) is 2.35. The van der Waals surface area contributed by atoms with Crippen LogP contribution >= 0.6 is 0 Å². The van der Waals surface area contributed by atoms with Gasteiger partial charge in [-0.3, -0.25) is 4.79 Å². The minimum atomic E-state index is -4.96. The average Bonchev–Trinajstić information content (AvgIpc) is 2.25. The van der Waals surface area contributed by atoms with Crippen molar-refractivity contribution in [3.8, 4) is 5.75 Å². The number of anilines is 1. The van der Waals surface area contributed by atoms with E-state index in [1.807, 2.05) is 0 Å². The van der Waals surface area contributed by atoms with Gasteiger partial charge in [-0.15, -0.1) is 0 Å². The summed E-state index contributed by atoms with van der Waals surface area (Å²) < 4.78 is 40.9. The van der Waals surface area contributed by atoms with E-state index in [1.165, 1.54) is 12.6 Å². The van der Waals surface area contributed by atoms with Crippen molar-refractivity contribution >= 4 is 11.5 Å². The zero-order chi connectivity index (χ0) is 12.3. The first-order valence-corrected chi connectivity index (χ1v) is 4.08. The highest BCUT2D eigenvalue weighted by Crippen LogP contribution is 2.28. The summed E-state index contributed by atoms with van der Waals surface area (Å²) in [6.45, 7) is 0. The minimum absolute atomic E-state index is 0.0636. The van der Waals surface area contributed by atoms with Crippen LogP contribution in [0.3, 0.4) is 0 Å². The molecule has 1 aromatic carbocycles. The van der Waals surface area contributed by atoms with Crippen molar-refractivity contribution in [2.75, 3.05) is 12.6 Å². The Kier molecular flexibility index (Phi) is 3.38. The van der Waals surface area contributed by atoms with Crippen LogP contribution in [0.25, 0.3) is 0 Å². The molecule has 0 aliphatic carbocycles. The van der Waals surface area contributed by atoms with Crippen LogP contribution < -0.4 is 10.2 Å². The van der Waals surface area contributed by atoms with Crippen LogP contribution in [0, 0.1) is 5.21 Å². The zero-order valence-electron chi connectivity index (χ0n) is 8.09. The molecule has 0 amide bonds. The molecule has 0 fully saturated rings. The van der Waals surface area contributed by atoms with E-state index in [4.69, 9.17) is 4.74 Å². The highest BCUT2D eigenvalue weighted by molar-refractivity contribution is 6.01. The fourth-order valence-electron chi connectivity index (χ4n) is 1.09. The molecule has 0 saturated heterocycles. The Balaban J connectivity index is 3.13. The van der Waals surface area contributed by atoms with Gasteiger partial charge in [0.05, 0.1) is 12.8 Å². The first-order valence-electron chi connectivity index (χ1n) is 4.08. The van der Waals surface area contributed by atoms with E-state index in [-0.39, 0.29) is 11.4 Å². The fourth-order valence-corrected chi connectivity index (χ4v) is 1.09. The third-order valence-corrected chi connectivity index (χ3v) is 1.83. The third kappa shape index (κ3) is 2.43. The van der Waals surface area contributed by atoms with Gasteiger partial charge < -0.3 is 15.4 Å². The normalized spacial score (nSPS) is 11.1. The number of hydrogen-bond acceptors (Lipinski definition) is 4. The Morgan fingerprint density at radius 2 is 2.06 bits per heavy atom. The van der Waals surface area contributed by atoms with Crippen LogP contribution in [0.5, 0.6) is 5.75 Å². The molecule has 1 rings (SSSR count). The van der Waals surface area contributed by atoms with Gasteiger partial charge in [-0.1, -0.05) is 0 Å². The molecule has 0 bridgehead atoms. The Hall–Kier alpha value is -1.76. The Labute approximate surface area is 88.6 Å². The highest BCUT2D eigenvalue weighted by atomic mass is 19.4. The number of rotatable bonds is 3. The molecule has 1 N–H and O–H groups in total. The van der Waals surface area contributed by atoms with E-state index in [0.29, 0.717) is 0 Å². The lowest BCUT2D eigenvalue weighted by Crippen LogP contribution is -2.22. The lowest BCUT2D eigenvalue weighted by Gasteiger charge is -2.15. The van der Waals surface area contributed by atoms with Crippen molar-refractivity contribution in [2.45, 2.75) is 6.18 Å². The monoisotopic (exact) mass is 234 g/mol. The first kappa shape index (κ1) is 12.3. The molecule has 4 nitrogen and oxygen atoms in total. The Bertz CT molecular complexity index is 403. The second kappa shape index (κ2) is 4.40. The molecule has 0 aliphatic rings. The maximum atomic E-state index is 12.1. The lowest BCUT2D eigenvalue weighted by atomic mass is 10.1. The van der Waals surface area contributed by atoms with Gasteiger partial charge in [0.1, 0.15) is 5.75 Å². The van der Waals surface area contributed by atoms with E-state index in [9.17, 15) is 23.2 Å². The predicted molar refractivity (Wildman–Crippen MR) is 50.4 cm³/mol. The zero-order valence-corrected chi connectivity index (χ0v) is 8.09. The standard InChI is InChI=1S/C9H7F3NO3/c1-16-7-3-2-5(4-6(7)13-15)8(14)9(10,11)12/h2-4,13H,1H3/q-1. The van der Waals surface area contributed by atoms with Gasteiger partial charge in [-0.2, -0.15) is 13.2 Å². The van der Waals surface area contributed by atoms with Gasteiger partial charge in [-0.05, 0) is 18.2 Å². The highest BCUT2D eigenvalue weighted by Gasteiger charge is 2.39. The van der Waals surface area contributed by atoms with Crippen LogP contribution in [0.4, 0.5) is 18.9 Å². The number of carbonyl (C=O) groups is 1. The number of Topliss-reactive ketones (excluding diaryl/α,β-unsaturated/α-hetero) is 1. The summed E-state index contributed by atoms with van der Waals surface area (Å²) in [5, 5.41) is 10.4. The number of hydrogen-bond donors (Lipinski definition) is 1. The molecule has 0 aromatic heterocycles. The molecule has 0 radical (unpaired) electrons. The lowest BCUT2D eigenvalue weighted by molar-refractivity contribution is -0.0885. The molecule has 0 heterocycles. The summed E-state index contributed by atoms with van der Waals surface area (Å²) in [6, 6.07) is 2.84. The van der Waals surface area contributed by atoms with E-state index in [0.717, 1.165) is 18.2 Å². The summed E-state index contributed by atoms with van der Waals surface area (Å²) in [7, 11) is 1.25. The van der Waals surface area contributed by atoms with Crippen molar-refractivity contribution in [3.05, 3.63) is 29.0 Å². The fraction of sp³-hybridized carbons (Fsp3) is 0.222. The smallest absolute Gasteiger partial charge is 0.454 e. The maximum absolute atomic E-state index is 12.1. The number of halogens is 3. The molecular weight excluding hydrogens is 227 g/mol. The number of carbonyl (C=O) groups excluding carboxylic acids is 1. The summed E-state index contributed by atoms with van der Waals surface area (Å²) in [5.41, 5.74) is 0.555. The second-order valence-corrected chi connectivity index (χ2v) is 2.84. The molecular formula is C9H7F3NO3-. The van der Waals surface area contributed by atoms with E-state index in [2.05, 4.69) is 0 Å². The molecule has 1 aromatic rings. The summed E-state index contributed by atoms with van der Waals surface area (Å²) in [6.07, 6.45) is -4.96. The van der Waals surface area contributed by atoms with Gasteiger partial charge in [0.2, 0.25) is 0 Å². The molecule has 88 valence electrons. The summed E-state index contributed by atoms with van der Waals surface area (Å²) >= 11 is 0. The molecule has 0 unspecified atom stereocenters. The number of ketones is 1. The minimum Gasteiger partial charge on any atom is -0.761 e. The quantitative estimate of drug-likeness (QED) is 0.644. The van der Waals surface area contributed by atoms with Gasteiger partial charge in [0.25, 0.3) is 5.78 Å². The van der Waals surface area contributed by atoms with Gasteiger partial charge in [0.15, 0.2) is 0 Å². The van der Waals surface area contributed by atoms with Crippen molar-refractivity contribution in [2.24, 2.45) is 0 Å².